The molecular weight excluding hydrogens is 486 g/mol. The zero-order valence-corrected chi connectivity index (χ0v) is 20.2. The van der Waals surface area contributed by atoms with Gasteiger partial charge in [0.25, 0.3) is 17.3 Å². The van der Waals surface area contributed by atoms with Crippen LogP contribution < -0.4 is 15.6 Å². The fourth-order valence-electron chi connectivity index (χ4n) is 4.15. The van der Waals surface area contributed by atoms with Crippen molar-refractivity contribution in [2.24, 2.45) is 7.05 Å². The van der Waals surface area contributed by atoms with Gasteiger partial charge in [-0.15, -0.1) is 5.10 Å². The van der Waals surface area contributed by atoms with Gasteiger partial charge in [0.2, 0.25) is 0 Å². The van der Waals surface area contributed by atoms with Gasteiger partial charge in [-0.1, -0.05) is 12.1 Å². The lowest BCUT2D eigenvalue weighted by Crippen LogP contribution is -2.48. The second kappa shape index (κ2) is 9.00. The molecule has 0 bridgehead atoms. The predicted octanol–water partition coefficient (Wildman–Crippen LogP) is 0.855. The highest BCUT2D eigenvalue weighted by atomic mass is 32.2. The zero-order chi connectivity index (χ0) is 25.5. The van der Waals surface area contributed by atoms with Gasteiger partial charge in [0, 0.05) is 19.0 Å². The number of pyridine rings is 1. The number of sulfone groups is 1. The molecule has 2 fully saturated rings. The molecule has 1 amide bonds. The maximum Gasteiger partial charge on any atom is 0.263 e. The van der Waals surface area contributed by atoms with Gasteiger partial charge in [-0.25, -0.2) is 8.42 Å². The van der Waals surface area contributed by atoms with Crippen molar-refractivity contribution in [2.45, 2.75) is 29.4 Å². The Bertz CT molecular complexity index is 1550. The Morgan fingerprint density at radius 1 is 1.31 bits per heavy atom. The van der Waals surface area contributed by atoms with Crippen LogP contribution in [0.5, 0.6) is 5.88 Å². The van der Waals surface area contributed by atoms with E-state index >= 15 is 0 Å². The number of amides is 1. The minimum atomic E-state index is -3.42. The summed E-state index contributed by atoms with van der Waals surface area (Å²) in [4.78, 5) is 25.8. The molecule has 36 heavy (non-hydrogen) atoms. The quantitative estimate of drug-likeness (QED) is 0.466. The first-order chi connectivity index (χ1) is 17.3. The van der Waals surface area contributed by atoms with Gasteiger partial charge in [-0.2, -0.15) is 10.4 Å². The Morgan fingerprint density at radius 3 is 2.64 bits per heavy atom. The number of fused-ring (bicyclic) bond motifs is 1. The van der Waals surface area contributed by atoms with Crippen LogP contribution in [0.4, 0.5) is 0 Å². The molecule has 12 heteroatoms. The van der Waals surface area contributed by atoms with Crippen LogP contribution in [0.2, 0.25) is 0 Å². The van der Waals surface area contributed by atoms with E-state index < -0.39 is 31.3 Å². The molecule has 1 saturated heterocycles. The molecule has 1 saturated carbocycles. The predicted molar refractivity (Wildman–Crippen MR) is 128 cm³/mol. The summed E-state index contributed by atoms with van der Waals surface area (Å²) in [7, 11) is -1.93. The summed E-state index contributed by atoms with van der Waals surface area (Å²) in [6.07, 6.45) is 2.40. The third-order valence-electron chi connectivity index (χ3n) is 6.70. The third kappa shape index (κ3) is 4.10. The van der Waals surface area contributed by atoms with E-state index in [4.69, 9.17) is 14.7 Å². The van der Waals surface area contributed by atoms with Gasteiger partial charge in [0.1, 0.15) is 27.7 Å². The number of carbonyl (C=O) groups excluding carboxylic acids is 1. The molecule has 1 aliphatic carbocycles. The van der Waals surface area contributed by atoms with E-state index in [1.807, 2.05) is 6.07 Å². The Balaban J connectivity index is 1.36. The van der Waals surface area contributed by atoms with Crippen molar-refractivity contribution in [1.29, 1.82) is 5.26 Å². The smallest absolute Gasteiger partial charge is 0.263 e. The Morgan fingerprint density at radius 2 is 2.03 bits per heavy atom. The maximum absolute atomic E-state index is 13.0. The lowest BCUT2D eigenvalue weighted by Gasteiger charge is -2.30. The number of carbonyl (C=O) groups is 1. The molecule has 1 aromatic carbocycles. The van der Waals surface area contributed by atoms with E-state index in [9.17, 15) is 18.0 Å². The largest absolute Gasteiger partial charge is 0.473 e. The average Bonchev–Trinajstić information content (AvgIpc) is 3.64. The van der Waals surface area contributed by atoms with E-state index in [-0.39, 0.29) is 37.8 Å². The van der Waals surface area contributed by atoms with Crippen molar-refractivity contribution in [1.82, 2.24) is 20.1 Å². The number of hydrogen-bond acceptors (Lipinski definition) is 9. The van der Waals surface area contributed by atoms with Gasteiger partial charge in [-0.3, -0.25) is 9.59 Å². The van der Waals surface area contributed by atoms with Crippen molar-refractivity contribution in [3.8, 4) is 11.9 Å². The molecule has 1 N–H and O–H groups in total. The van der Waals surface area contributed by atoms with E-state index in [1.165, 1.54) is 23.9 Å². The molecule has 0 spiro atoms. The number of nitrogens with zero attached hydrogens (tertiary/aromatic N) is 4. The molecule has 2 aliphatic rings. The van der Waals surface area contributed by atoms with Crippen LogP contribution in [0.3, 0.4) is 0 Å². The second-order valence-corrected chi connectivity index (χ2v) is 11.7. The van der Waals surface area contributed by atoms with Gasteiger partial charge in [0.15, 0.2) is 9.84 Å². The first-order valence-corrected chi connectivity index (χ1v) is 12.9. The van der Waals surface area contributed by atoms with Gasteiger partial charge in [0.05, 0.1) is 31.0 Å². The Kier molecular flexibility index (Phi) is 5.97. The summed E-state index contributed by atoms with van der Waals surface area (Å²) in [5, 5.41) is 19.5. The van der Waals surface area contributed by atoms with Crippen LogP contribution in [-0.2, 0) is 28.2 Å². The monoisotopic (exact) mass is 509 g/mol. The number of nitrogens with one attached hydrogen (secondary N) is 1. The summed E-state index contributed by atoms with van der Waals surface area (Å²) in [5.74, 6) is -0.533. The molecule has 2 aromatic heterocycles. The summed E-state index contributed by atoms with van der Waals surface area (Å²) in [6, 6.07) is 10.2. The summed E-state index contributed by atoms with van der Waals surface area (Å²) in [5.41, 5.74) is 0.967. The van der Waals surface area contributed by atoms with Crippen LogP contribution >= 0.6 is 0 Å². The van der Waals surface area contributed by atoms with Crippen molar-refractivity contribution < 1.29 is 22.7 Å². The molecule has 0 radical (unpaired) electrons. The van der Waals surface area contributed by atoms with Crippen molar-refractivity contribution in [3.05, 3.63) is 63.6 Å². The Labute approximate surface area is 206 Å². The first kappa shape index (κ1) is 23.9. The SMILES string of the molecule is Cn1c(=O)c(C(=O)NCc2ccc(C#N)cc2)cc2cnnc(OCC3(S(=O)(=O)C4COC4)CC3)c21. The number of benzene rings is 1. The normalized spacial score (nSPS) is 16.7. The lowest BCUT2D eigenvalue weighted by atomic mass is 10.1. The highest BCUT2D eigenvalue weighted by Gasteiger charge is 2.59. The zero-order valence-electron chi connectivity index (χ0n) is 19.4. The molecule has 11 nitrogen and oxygen atoms in total. The maximum atomic E-state index is 13.0. The number of hydrogen-bond donors (Lipinski definition) is 1. The van der Waals surface area contributed by atoms with Crippen LogP contribution in [0, 0.1) is 11.3 Å². The minimum absolute atomic E-state index is 0.0305. The van der Waals surface area contributed by atoms with Crippen molar-refractivity contribution in [3.63, 3.8) is 0 Å². The fraction of sp³-hybridized carbons (Fsp3) is 0.375. The second-order valence-electron chi connectivity index (χ2n) is 9.04. The molecule has 3 heterocycles. The van der Waals surface area contributed by atoms with Crippen LogP contribution in [-0.4, -0.2) is 58.9 Å². The van der Waals surface area contributed by atoms with E-state index in [0.29, 0.717) is 29.3 Å². The fourth-order valence-corrected chi connectivity index (χ4v) is 6.30. The molecule has 0 atom stereocenters. The molecular formula is C24H23N5O6S. The topological polar surface area (TPSA) is 153 Å². The average molecular weight is 510 g/mol. The van der Waals surface area contributed by atoms with Gasteiger partial charge in [-0.05, 0) is 36.6 Å². The van der Waals surface area contributed by atoms with Crippen molar-refractivity contribution >= 4 is 26.6 Å². The molecule has 186 valence electrons. The highest BCUT2D eigenvalue weighted by Crippen LogP contribution is 2.47. The number of aryl methyl sites for hydroxylation is 1. The van der Waals surface area contributed by atoms with E-state index in [1.54, 1.807) is 24.3 Å². The number of aromatic nitrogens is 3. The van der Waals surface area contributed by atoms with Crippen LogP contribution in [0.1, 0.15) is 34.3 Å². The van der Waals surface area contributed by atoms with Crippen molar-refractivity contribution in [2.75, 3.05) is 19.8 Å². The highest BCUT2D eigenvalue weighted by molar-refractivity contribution is 7.93. The molecule has 5 rings (SSSR count). The standard InChI is InChI=1S/C24H23N5O6S/c1-29-20-17(8-19(23(29)31)21(30)26-10-16-4-2-15(9-25)3-5-16)11-27-28-22(20)35-14-24(6-7-24)36(32,33)18-12-34-13-18/h2-5,8,11,18H,6-7,10,12-14H2,1H3,(H,26,30). The summed E-state index contributed by atoms with van der Waals surface area (Å²) < 4.78 is 37.0. The third-order valence-corrected chi connectivity index (χ3v) is 9.58. The lowest BCUT2D eigenvalue weighted by molar-refractivity contribution is 0.0408. The number of nitriles is 1. The minimum Gasteiger partial charge on any atom is -0.473 e. The number of ether oxygens (including phenoxy) is 2. The molecule has 3 aromatic rings. The van der Waals surface area contributed by atoms with E-state index in [2.05, 4.69) is 15.5 Å². The Hall–Kier alpha value is -3.82. The number of rotatable bonds is 8. The van der Waals surface area contributed by atoms with Gasteiger partial charge < -0.3 is 19.4 Å². The molecule has 1 aliphatic heterocycles. The first-order valence-electron chi connectivity index (χ1n) is 11.3. The van der Waals surface area contributed by atoms with Gasteiger partial charge >= 0.3 is 0 Å². The summed E-state index contributed by atoms with van der Waals surface area (Å²) in [6.45, 7) is 0.475. The van der Waals surface area contributed by atoms with Crippen LogP contribution in [0.15, 0.2) is 41.3 Å². The summed E-state index contributed by atoms with van der Waals surface area (Å²) >= 11 is 0. The molecule has 0 unspecified atom stereocenters. The van der Waals surface area contributed by atoms with E-state index in [0.717, 1.165) is 5.56 Å². The van der Waals surface area contributed by atoms with Crippen LogP contribution in [0.25, 0.3) is 10.9 Å².